The molecule has 0 saturated carbocycles. The van der Waals surface area contributed by atoms with Gasteiger partial charge in [-0.15, -0.1) is 0 Å². The molecule has 7 nitrogen and oxygen atoms in total. The first-order chi connectivity index (χ1) is 5.16. The van der Waals surface area contributed by atoms with Crippen LogP contribution in [0.2, 0.25) is 0 Å². The van der Waals surface area contributed by atoms with E-state index in [1.807, 2.05) is 0 Å². The Bertz CT molecular complexity index is 254. The highest BCUT2D eigenvalue weighted by Gasteiger charge is 2.43. The summed E-state index contributed by atoms with van der Waals surface area (Å²) in [5.41, 5.74) is 7.90. The van der Waals surface area contributed by atoms with E-state index in [-0.39, 0.29) is 0 Å². The van der Waals surface area contributed by atoms with Crippen molar-refractivity contribution in [2.24, 2.45) is 5.11 Å². The van der Waals surface area contributed by atoms with E-state index < -0.39 is 24.0 Å². The predicted octanol–water partition coefficient (Wildman–Crippen LogP) is -0.752. The number of carbonyl (C=O) groups excluding carboxylic acids is 1. The average molecular weight is 156 g/mol. The topological polar surface area (TPSA) is 115 Å². The summed E-state index contributed by atoms with van der Waals surface area (Å²) < 4.78 is 0. The van der Waals surface area contributed by atoms with Crippen LogP contribution >= 0.6 is 0 Å². The highest BCUT2D eigenvalue weighted by Crippen LogP contribution is 2.10. The van der Waals surface area contributed by atoms with Crippen LogP contribution in [0, 0.1) is 0 Å². The highest BCUT2D eigenvalue weighted by atomic mass is 16.4. The Morgan fingerprint density at radius 1 is 1.82 bits per heavy atom. The standard InChI is InChI=1S/C4H4N4O3/c5-8-7-1-2(4(10)11)6-3(1)9/h1-2H,(H,6,9)(H,10,11)/t1-,2+/m1/s1. The molecule has 1 rings (SSSR count). The molecule has 58 valence electrons. The van der Waals surface area contributed by atoms with Gasteiger partial charge >= 0.3 is 5.97 Å². The van der Waals surface area contributed by atoms with Gasteiger partial charge in [0.05, 0.1) is 0 Å². The number of rotatable bonds is 2. The Hall–Kier alpha value is -1.75. The number of hydrogen-bond acceptors (Lipinski definition) is 3. The second kappa shape index (κ2) is 2.47. The second-order valence-corrected chi connectivity index (χ2v) is 1.97. The van der Waals surface area contributed by atoms with Crippen molar-refractivity contribution in [2.45, 2.75) is 12.1 Å². The molecule has 0 aromatic rings. The highest BCUT2D eigenvalue weighted by molar-refractivity contribution is 5.99. The summed E-state index contributed by atoms with van der Waals surface area (Å²) in [5, 5.41) is 13.4. The summed E-state index contributed by atoms with van der Waals surface area (Å²) in [7, 11) is 0. The first-order valence-electron chi connectivity index (χ1n) is 2.74. The Morgan fingerprint density at radius 2 is 2.45 bits per heavy atom. The summed E-state index contributed by atoms with van der Waals surface area (Å²) in [6.07, 6.45) is 0. The molecular weight excluding hydrogens is 152 g/mol. The molecule has 0 bridgehead atoms. The molecule has 2 atom stereocenters. The van der Waals surface area contributed by atoms with Gasteiger partial charge in [0.1, 0.15) is 12.1 Å². The molecule has 0 radical (unpaired) electrons. The van der Waals surface area contributed by atoms with Crippen LogP contribution in [-0.4, -0.2) is 29.1 Å². The van der Waals surface area contributed by atoms with Crippen molar-refractivity contribution >= 4 is 11.9 Å². The number of β-lactam (4-membered cyclic amide) rings is 1. The molecule has 1 aliphatic rings. The third-order valence-electron chi connectivity index (χ3n) is 1.32. The van der Waals surface area contributed by atoms with Gasteiger partial charge in [-0.3, -0.25) is 4.79 Å². The van der Waals surface area contributed by atoms with Crippen molar-refractivity contribution < 1.29 is 14.7 Å². The maximum Gasteiger partial charge on any atom is 0.327 e. The van der Waals surface area contributed by atoms with Crippen LogP contribution in [0.1, 0.15) is 0 Å². The molecule has 1 aliphatic heterocycles. The van der Waals surface area contributed by atoms with Crippen LogP contribution in [0.3, 0.4) is 0 Å². The van der Waals surface area contributed by atoms with E-state index in [9.17, 15) is 9.59 Å². The van der Waals surface area contributed by atoms with Crippen LogP contribution in [-0.2, 0) is 9.59 Å². The fourth-order valence-electron chi connectivity index (χ4n) is 0.744. The Balaban J connectivity index is 2.69. The van der Waals surface area contributed by atoms with Crippen LogP contribution in [0.15, 0.2) is 5.11 Å². The largest absolute Gasteiger partial charge is 0.480 e. The molecule has 2 N–H and O–H groups in total. The van der Waals surface area contributed by atoms with Crippen LogP contribution in [0.25, 0.3) is 10.4 Å². The van der Waals surface area contributed by atoms with Crippen molar-refractivity contribution in [3.63, 3.8) is 0 Å². The number of hydrogen-bond donors (Lipinski definition) is 2. The summed E-state index contributed by atoms with van der Waals surface area (Å²) in [5.74, 6) is -1.74. The van der Waals surface area contributed by atoms with Gasteiger partial charge in [0, 0.05) is 4.91 Å². The molecule has 0 unspecified atom stereocenters. The minimum atomic E-state index is -1.19. The Kier molecular flexibility index (Phi) is 1.65. The molecule has 1 fully saturated rings. The zero-order valence-corrected chi connectivity index (χ0v) is 5.26. The normalized spacial score (nSPS) is 27.8. The lowest BCUT2D eigenvalue weighted by Gasteiger charge is -2.29. The molecule has 0 aliphatic carbocycles. The van der Waals surface area contributed by atoms with Gasteiger partial charge in [0.25, 0.3) is 0 Å². The molecule has 1 heterocycles. The lowest BCUT2D eigenvalue weighted by atomic mass is 10.0. The third-order valence-corrected chi connectivity index (χ3v) is 1.32. The van der Waals surface area contributed by atoms with E-state index in [1.54, 1.807) is 0 Å². The Labute approximate surface area is 60.6 Å². The van der Waals surface area contributed by atoms with Gasteiger partial charge in [-0.25, -0.2) is 4.79 Å². The molecule has 1 amide bonds. The molecule has 11 heavy (non-hydrogen) atoms. The molecular formula is C4H4N4O3. The zero-order chi connectivity index (χ0) is 8.43. The Morgan fingerprint density at radius 3 is 2.82 bits per heavy atom. The van der Waals surface area contributed by atoms with Crippen LogP contribution < -0.4 is 5.32 Å². The number of amides is 1. The summed E-state index contributed by atoms with van der Waals surface area (Å²) in [4.78, 5) is 23.1. The molecule has 1 saturated heterocycles. The van der Waals surface area contributed by atoms with E-state index in [0.29, 0.717) is 0 Å². The molecule has 0 spiro atoms. The predicted molar refractivity (Wildman–Crippen MR) is 32.5 cm³/mol. The SMILES string of the molecule is [N-]=[N+]=N[C@H]1C(=O)N[C@@H]1C(=O)O. The van der Waals surface area contributed by atoms with E-state index in [2.05, 4.69) is 15.3 Å². The molecule has 0 aromatic carbocycles. The fraction of sp³-hybridized carbons (Fsp3) is 0.500. The van der Waals surface area contributed by atoms with Crippen molar-refractivity contribution in [3.05, 3.63) is 10.4 Å². The van der Waals surface area contributed by atoms with Crippen molar-refractivity contribution in [1.29, 1.82) is 0 Å². The van der Waals surface area contributed by atoms with Crippen molar-refractivity contribution in [2.75, 3.05) is 0 Å². The van der Waals surface area contributed by atoms with Gasteiger partial charge in [0.15, 0.2) is 0 Å². The quantitative estimate of drug-likeness (QED) is 0.237. The number of nitrogens with zero attached hydrogens (tertiary/aromatic N) is 3. The summed E-state index contributed by atoms with van der Waals surface area (Å²) in [6, 6.07) is -2.14. The first kappa shape index (κ1) is 7.36. The zero-order valence-electron chi connectivity index (χ0n) is 5.26. The van der Waals surface area contributed by atoms with E-state index in [1.165, 1.54) is 0 Å². The molecule has 0 aromatic heterocycles. The fourth-order valence-corrected chi connectivity index (χ4v) is 0.744. The second-order valence-electron chi connectivity index (χ2n) is 1.97. The minimum Gasteiger partial charge on any atom is -0.480 e. The van der Waals surface area contributed by atoms with Crippen molar-refractivity contribution in [3.8, 4) is 0 Å². The number of carboxylic acids is 1. The lowest BCUT2D eigenvalue weighted by Crippen LogP contribution is -2.64. The molecule has 7 heteroatoms. The maximum absolute atomic E-state index is 10.5. The van der Waals surface area contributed by atoms with E-state index in [4.69, 9.17) is 10.6 Å². The summed E-state index contributed by atoms with van der Waals surface area (Å²) >= 11 is 0. The lowest BCUT2D eigenvalue weighted by molar-refractivity contribution is -0.149. The minimum absolute atomic E-state index is 0.546. The van der Waals surface area contributed by atoms with Gasteiger partial charge in [0.2, 0.25) is 5.91 Å². The average Bonchev–Trinajstić information content (AvgIpc) is 1.95. The van der Waals surface area contributed by atoms with E-state index in [0.717, 1.165) is 0 Å². The number of carbonyl (C=O) groups is 2. The van der Waals surface area contributed by atoms with Gasteiger partial charge in [-0.2, -0.15) is 0 Å². The van der Waals surface area contributed by atoms with Crippen LogP contribution in [0.4, 0.5) is 0 Å². The number of aliphatic carboxylic acids is 1. The monoisotopic (exact) mass is 156 g/mol. The number of azide groups is 1. The smallest absolute Gasteiger partial charge is 0.327 e. The van der Waals surface area contributed by atoms with Crippen molar-refractivity contribution in [1.82, 2.24) is 5.32 Å². The summed E-state index contributed by atoms with van der Waals surface area (Å²) in [6.45, 7) is 0. The van der Waals surface area contributed by atoms with Crippen LogP contribution in [0.5, 0.6) is 0 Å². The maximum atomic E-state index is 10.5. The number of nitrogens with one attached hydrogen (secondary N) is 1. The van der Waals surface area contributed by atoms with E-state index >= 15 is 0 Å². The van der Waals surface area contributed by atoms with Gasteiger partial charge in [-0.05, 0) is 5.53 Å². The third kappa shape index (κ3) is 1.08. The van der Waals surface area contributed by atoms with Gasteiger partial charge < -0.3 is 10.4 Å². The number of carboxylic acid groups (broad SMARTS) is 1. The van der Waals surface area contributed by atoms with Gasteiger partial charge in [-0.1, -0.05) is 5.11 Å². The first-order valence-corrected chi connectivity index (χ1v) is 2.74.